The second kappa shape index (κ2) is 8.74. The van der Waals surface area contributed by atoms with Crippen molar-refractivity contribution in [3.8, 4) is 11.4 Å². The highest BCUT2D eigenvalue weighted by Crippen LogP contribution is 2.30. The first kappa shape index (κ1) is 19.6. The van der Waals surface area contributed by atoms with Crippen molar-refractivity contribution in [3.05, 3.63) is 64.0 Å². The van der Waals surface area contributed by atoms with Crippen LogP contribution in [0.2, 0.25) is 0 Å². The first-order valence-corrected chi connectivity index (χ1v) is 11.1. The van der Waals surface area contributed by atoms with Gasteiger partial charge in [-0.1, -0.05) is 36.4 Å². The second-order valence-electron chi connectivity index (χ2n) is 7.16. The molecule has 1 aliphatic heterocycles. The highest BCUT2D eigenvalue weighted by Gasteiger charge is 2.27. The maximum absolute atomic E-state index is 12.9. The molecule has 1 aliphatic rings. The highest BCUT2D eigenvalue weighted by atomic mass is 32.1. The predicted octanol–water partition coefficient (Wildman–Crippen LogP) is 4.18. The van der Waals surface area contributed by atoms with Gasteiger partial charge in [-0.2, -0.15) is 0 Å². The molecule has 0 spiro atoms. The third-order valence-electron chi connectivity index (χ3n) is 5.39. The molecule has 5 nitrogen and oxygen atoms in total. The zero-order valence-electron chi connectivity index (χ0n) is 17.0. The molecule has 0 atom stereocenters. The van der Waals surface area contributed by atoms with Gasteiger partial charge in [0.05, 0.1) is 18.7 Å². The van der Waals surface area contributed by atoms with E-state index in [-0.39, 0.29) is 5.91 Å². The van der Waals surface area contributed by atoms with Crippen LogP contribution in [0.1, 0.15) is 30.0 Å². The van der Waals surface area contributed by atoms with Crippen molar-refractivity contribution >= 4 is 23.1 Å². The van der Waals surface area contributed by atoms with Crippen LogP contribution in [0.15, 0.2) is 47.8 Å². The third-order valence-corrected chi connectivity index (χ3v) is 6.27. The van der Waals surface area contributed by atoms with Crippen molar-refractivity contribution in [1.82, 2.24) is 14.9 Å². The van der Waals surface area contributed by atoms with E-state index in [0.717, 1.165) is 52.9 Å². The number of hydrogen-bond acceptors (Lipinski definition) is 5. The van der Waals surface area contributed by atoms with Gasteiger partial charge in [-0.15, -0.1) is 11.3 Å². The third kappa shape index (κ3) is 4.17. The van der Waals surface area contributed by atoms with E-state index in [9.17, 15) is 4.79 Å². The lowest BCUT2D eigenvalue weighted by Gasteiger charge is -2.32. The molecule has 29 heavy (non-hydrogen) atoms. The van der Waals surface area contributed by atoms with Gasteiger partial charge in [-0.25, -0.2) is 9.97 Å². The lowest BCUT2D eigenvalue weighted by atomic mass is 10.0. The smallest absolute Gasteiger partial charge is 0.228 e. The number of aromatic nitrogens is 2. The fourth-order valence-corrected chi connectivity index (χ4v) is 4.48. The highest BCUT2D eigenvalue weighted by molar-refractivity contribution is 7.10. The van der Waals surface area contributed by atoms with Gasteiger partial charge in [0.25, 0.3) is 0 Å². The summed E-state index contributed by atoms with van der Waals surface area (Å²) < 4.78 is 0. The van der Waals surface area contributed by atoms with Gasteiger partial charge in [0.1, 0.15) is 5.82 Å². The molecule has 0 saturated heterocycles. The van der Waals surface area contributed by atoms with E-state index < -0.39 is 0 Å². The molecule has 3 aromatic rings. The summed E-state index contributed by atoms with van der Waals surface area (Å²) in [4.78, 5) is 28.0. The zero-order chi connectivity index (χ0) is 20.2. The van der Waals surface area contributed by atoms with Crippen LogP contribution in [-0.4, -0.2) is 40.4 Å². The molecular weight excluding hydrogens is 380 g/mol. The van der Waals surface area contributed by atoms with Crippen LogP contribution >= 0.6 is 11.3 Å². The maximum Gasteiger partial charge on any atom is 0.228 e. The first-order valence-electron chi connectivity index (χ1n) is 10.2. The number of benzene rings is 1. The Labute approximate surface area is 176 Å². The molecule has 4 rings (SSSR count). The van der Waals surface area contributed by atoms with E-state index in [4.69, 9.17) is 9.97 Å². The Morgan fingerprint density at radius 3 is 2.59 bits per heavy atom. The maximum atomic E-state index is 12.9. The Hall–Kier alpha value is -2.73. The standard InChI is InChI=1S/C23H26N4OS/c1-3-26(4-2)23-19-16-27(21(28)15-18-11-8-14-29-18)13-12-20(19)24-22(25-23)17-9-6-5-7-10-17/h5-11,14H,3-4,12-13,15-16H2,1-2H3. The predicted molar refractivity (Wildman–Crippen MR) is 118 cm³/mol. The average molecular weight is 407 g/mol. The number of fused-ring (bicyclic) bond motifs is 1. The molecule has 1 amide bonds. The molecule has 0 unspecified atom stereocenters. The summed E-state index contributed by atoms with van der Waals surface area (Å²) in [5.41, 5.74) is 3.19. The van der Waals surface area contributed by atoms with Gasteiger partial charge in [0, 0.05) is 42.1 Å². The van der Waals surface area contributed by atoms with Crippen molar-refractivity contribution in [1.29, 1.82) is 0 Å². The molecule has 0 N–H and O–H groups in total. The van der Waals surface area contributed by atoms with E-state index in [1.54, 1.807) is 11.3 Å². The quantitative estimate of drug-likeness (QED) is 0.616. The van der Waals surface area contributed by atoms with Gasteiger partial charge in [0.15, 0.2) is 5.82 Å². The summed E-state index contributed by atoms with van der Waals surface area (Å²) in [7, 11) is 0. The van der Waals surface area contributed by atoms with Gasteiger partial charge in [0.2, 0.25) is 5.91 Å². The Balaban J connectivity index is 1.67. The number of carbonyl (C=O) groups excluding carboxylic acids is 1. The van der Waals surface area contributed by atoms with Crippen LogP contribution in [0.25, 0.3) is 11.4 Å². The molecule has 0 bridgehead atoms. The van der Waals surface area contributed by atoms with Crippen molar-refractivity contribution in [2.75, 3.05) is 24.5 Å². The number of nitrogens with zero attached hydrogens (tertiary/aromatic N) is 4. The summed E-state index contributed by atoms with van der Waals surface area (Å²) in [5.74, 6) is 1.91. The number of thiophene rings is 1. The molecule has 0 saturated carbocycles. The molecule has 0 aliphatic carbocycles. The molecule has 2 aromatic heterocycles. The second-order valence-corrected chi connectivity index (χ2v) is 8.19. The minimum absolute atomic E-state index is 0.177. The Bertz CT molecular complexity index is 968. The van der Waals surface area contributed by atoms with E-state index in [2.05, 4.69) is 18.7 Å². The zero-order valence-corrected chi connectivity index (χ0v) is 17.8. The van der Waals surface area contributed by atoms with Crippen molar-refractivity contribution < 1.29 is 4.79 Å². The Morgan fingerprint density at radius 1 is 1.10 bits per heavy atom. The summed E-state index contributed by atoms with van der Waals surface area (Å²) in [5, 5.41) is 2.02. The number of carbonyl (C=O) groups is 1. The minimum atomic E-state index is 0.177. The first-order chi connectivity index (χ1) is 14.2. The van der Waals surface area contributed by atoms with Gasteiger partial charge in [-0.3, -0.25) is 4.79 Å². The summed E-state index contributed by atoms with van der Waals surface area (Å²) in [6.45, 7) is 7.32. The SMILES string of the molecule is CCN(CC)c1nc(-c2ccccc2)nc2c1CN(C(=O)Cc1cccs1)CC2. The fraction of sp³-hybridized carbons (Fsp3) is 0.348. The number of amides is 1. The Kier molecular flexibility index (Phi) is 5.90. The van der Waals surface area contributed by atoms with Gasteiger partial charge >= 0.3 is 0 Å². The molecule has 6 heteroatoms. The van der Waals surface area contributed by atoms with Crippen LogP contribution in [-0.2, 0) is 24.2 Å². The monoisotopic (exact) mass is 406 g/mol. The number of anilines is 1. The normalized spacial score (nSPS) is 13.2. The summed E-state index contributed by atoms with van der Waals surface area (Å²) in [6.07, 6.45) is 1.23. The largest absolute Gasteiger partial charge is 0.357 e. The molecular formula is C23H26N4OS. The van der Waals surface area contributed by atoms with Crippen molar-refractivity contribution in [2.45, 2.75) is 33.2 Å². The van der Waals surface area contributed by atoms with E-state index in [1.165, 1.54) is 0 Å². The van der Waals surface area contributed by atoms with Crippen LogP contribution in [0.4, 0.5) is 5.82 Å². The summed E-state index contributed by atoms with van der Waals surface area (Å²) in [6, 6.07) is 14.2. The van der Waals surface area contributed by atoms with E-state index in [1.807, 2.05) is 52.7 Å². The topological polar surface area (TPSA) is 49.3 Å². The number of rotatable bonds is 6. The van der Waals surface area contributed by atoms with Crippen LogP contribution in [0.3, 0.4) is 0 Å². The van der Waals surface area contributed by atoms with Crippen LogP contribution in [0.5, 0.6) is 0 Å². The fourth-order valence-electron chi connectivity index (χ4n) is 3.78. The number of hydrogen-bond donors (Lipinski definition) is 0. The Morgan fingerprint density at radius 2 is 1.90 bits per heavy atom. The molecule has 1 aromatic carbocycles. The van der Waals surface area contributed by atoms with Crippen LogP contribution < -0.4 is 4.90 Å². The summed E-state index contributed by atoms with van der Waals surface area (Å²) >= 11 is 1.64. The average Bonchev–Trinajstić information content (AvgIpc) is 3.27. The van der Waals surface area contributed by atoms with E-state index in [0.29, 0.717) is 19.5 Å². The van der Waals surface area contributed by atoms with Crippen LogP contribution in [0, 0.1) is 0 Å². The lowest BCUT2D eigenvalue weighted by molar-refractivity contribution is -0.131. The van der Waals surface area contributed by atoms with Crippen molar-refractivity contribution in [2.24, 2.45) is 0 Å². The van der Waals surface area contributed by atoms with E-state index >= 15 is 0 Å². The molecule has 150 valence electrons. The minimum Gasteiger partial charge on any atom is -0.357 e. The lowest BCUT2D eigenvalue weighted by Crippen LogP contribution is -2.39. The van der Waals surface area contributed by atoms with Gasteiger partial charge < -0.3 is 9.80 Å². The molecule has 0 fully saturated rings. The van der Waals surface area contributed by atoms with Gasteiger partial charge in [-0.05, 0) is 25.3 Å². The molecule has 0 radical (unpaired) electrons. The van der Waals surface area contributed by atoms with Crippen molar-refractivity contribution in [3.63, 3.8) is 0 Å². The molecule has 3 heterocycles.